The molecule has 170 valence electrons. The van der Waals surface area contributed by atoms with Gasteiger partial charge in [0, 0.05) is 28.4 Å². The van der Waals surface area contributed by atoms with Gasteiger partial charge in [-0.05, 0) is 43.5 Å². The Morgan fingerprint density at radius 3 is 2.56 bits per heavy atom. The molecule has 8 heteroatoms. The molecule has 2 atom stereocenters. The van der Waals surface area contributed by atoms with E-state index in [4.69, 9.17) is 11.8 Å². The zero-order chi connectivity index (χ0) is 23.5. The lowest BCUT2D eigenvalue weighted by molar-refractivity contribution is -0.131. The summed E-state index contributed by atoms with van der Waals surface area (Å²) in [7, 11) is 0. The number of carbonyl (C=O) groups is 2. The van der Waals surface area contributed by atoms with Gasteiger partial charge < -0.3 is 10.6 Å². The fourth-order valence-corrected chi connectivity index (χ4v) is 3.72. The number of hydrogen-bond donors (Lipinski definition) is 2. The minimum absolute atomic E-state index is 0.0905. The van der Waals surface area contributed by atoms with Gasteiger partial charge in [0.15, 0.2) is 0 Å². The normalized spacial score (nSPS) is 20.9. The van der Waals surface area contributed by atoms with Gasteiger partial charge in [-0.1, -0.05) is 44.2 Å². The average molecular weight is 459 g/mol. The van der Waals surface area contributed by atoms with Crippen LogP contribution in [0.3, 0.4) is 0 Å². The molecule has 0 aromatic heterocycles. The third-order valence-electron chi connectivity index (χ3n) is 6.11. The second kappa shape index (κ2) is 9.69. The van der Waals surface area contributed by atoms with E-state index in [1.165, 1.54) is 23.1 Å². The van der Waals surface area contributed by atoms with Crippen LogP contribution in [0.2, 0.25) is 0 Å². The summed E-state index contributed by atoms with van der Waals surface area (Å²) in [6, 6.07) is 13.5. The number of rotatable bonds is 6. The molecule has 1 aliphatic heterocycles. The summed E-state index contributed by atoms with van der Waals surface area (Å²) in [5.41, 5.74) is 0.961. The molecule has 2 aromatic carbocycles. The first-order valence-corrected chi connectivity index (χ1v) is 10.9. The van der Waals surface area contributed by atoms with Crippen molar-refractivity contribution >= 4 is 29.6 Å². The second-order valence-electron chi connectivity index (χ2n) is 8.67. The molecule has 0 spiro atoms. The van der Waals surface area contributed by atoms with Crippen molar-refractivity contribution in [1.82, 2.24) is 15.5 Å². The van der Waals surface area contributed by atoms with Gasteiger partial charge >= 0.3 is 0 Å². The number of amides is 2. The van der Waals surface area contributed by atoms with Crippen LogP contribution in [-0.4, -0.2) is 28.2 Å². The molecule has 0 aliphatic carbocycles. The van der Waals surface area contributed by atoms with Gasteiger partial charge in [-0.2, -0.15) is 0 Å². The van der Waals surface area contributed by atoms with Crippen molar-refractivity contribution in [3.63, 3.8) is 0 Å². The maximum Gasteiger partial charge on any atom is 0.251 e. The van der Waals surface area contributed by atoms with E-state index in [1.54, 1.807) is 0 Å². The van der Waals surface area contributed by atoms with Crippen molar-refractivity contribution in [2.75, 3.05) is 0 Å². The van der Waals surface area contributed by atoms with Gasteiger partial charge in [0.1, 0.15) is 5.82 Å². The Bertz CT molecular complexity index is 1030. The predicted molar refractivity (Wildman–Crippen MR) is 124 cm³/mol. The van der Waals surface area contributed by atoms with Crippen LogP contribution in [0, 0.1) is 11.7 Å². The van der Waals surface area contributed by atoms with Crippen LogP contribution < -0.4 is 10.6 Å². The summed E-state index contributed by atoms with van der Waals surface area (Å²) in [4.78, 5) is 26.9. The van der Waals surface area contributed by atoms with Gasteiger partial charge in [-0.15, -0.1) is 4.51 Å². The lowest BCUT2D eigenvalue weighted by atomic mass is 9.83. The highest BCUT2D eigenvalue weighted by molar-refractivity contribution is 6.21. The Kier molecular flexibility index (Phi) is 7.19. The summed E-state index contributed by atoms with van der Waals surface area (Å²) in [6.45, 7) is 7.71. The standard InChI is InChI=1S/C24H28ClFN4O2/c1-15(2)24(4)13-21(31)30(23(28-24)29-25)14-19-12-18(10-11-20(19)26)22(32)27-16(3)17-8-6-5-7-9-17/h5-12,15-16H,13-14H2,1-4H3,(H,27,32)(H,28,29)/t16-,24-/m0/s1. The average Bonchev–Trinajstić information content (AvgIpc) is 2.77. The van der Waals surface area contributed by atoms with Crippen molar-refractivity contribution in [3.05, 3.63) is 71.0 Å². The Balaban J connectivity index is 1.79. The summed E-state index contributed by atoms with van der Waals surface area (Å²) in [5.74, 6) is -0.740. The topological polar surface area (TPSA) is 73.8 Å². The number of guanidine groups is 1. The van der Waals surface area contributed by atoms with Crippen molar-refractivity contribution in [2.24, 2.45) is 10.4 Å². The van der Waals surface area contributed by atoms with E-state index in [1.807, 2.05) is 58.0 Å². The molecule has 1 fully saturated rings. The molecule has 2 amide bonds. The molecule has 1 heterocycles. The highest BCUT2D eigenvalue weighted by Crippen LogP contribution is 2.27. The van der Waals surface area contributed by atoms with Gasteiger partial charge in [-0.3, -0.25) is 14.5 Å². The number of carbonyl (C=O) groups excluding carboxylic acids is 2. The zero-order valence-electron chi connectivity index (χ0n) is 18.7. The Hall–Kier alpha value is -2.93. The Morgan fingerprint density at radius 2 is 1.94 bits per heavy atom. The lowest BCUT2D eigenvalue weighted by Gasteiger charge is -2.43. The van der Waals surface area contributed by atoms with E-state index in [-0.39, 0.29) is 48.3 Å². The minimum atomic E-state index is -0.517. The molecule has 2 aromatic rings. The van der Waals surface area contributed by atoms with Crippen molar-refractivity contribution in [3.8, 4) is 0 Å². The maximum absolute atomic E-state index is 14.6. The molecule has 3 rings (SSSR count). The van der Waals surface area contributed by atoms with Crippen LogP contribution >= 0.6 is 11.8 Å². The molecule has 2 N–H and O–H groups in total. The van der Waals surface area contributed by atoms with E-state index < -0.39 is 11.4 Å². The van der Waals surface area contributed by atoms with Gasteiger partial charge in [0.2, 0.25) is 11.9 Å². The fourth-order valence-electron chi connectivity index (χ4n) is 3.59. The zero-order valence-corrected chi connectivity index (χ0v) is 19.4. The third kappa shape index (κ3) is 5.10. The van der Waals surface area contributed by atoms with E-state index in [9.17, 15) is 14.0 Å². The minimum Gasteiger partial charge on any atom is -0.349 e. The largest absolute Gasteiger partial charge is 0.349 e. The molecule has 1 saturated heterocycles. The maximum atomic E-state index is 14.6. The van der Waals surface area contributed by atoms with Crippen molar-refractivity contribution in [2.45, 2.75) is 52.2 Å². The van der Waals surface area contributed by atoms with Crippen LogP contribution in [0.5, 0.6) is 0 Å². The van der Waals surface area contributed by atoms with Crippen molar-refractivity contribution < 1.29 is 14.0 Å². The van der Waals surface area contributed by atoms with Gasteiger partial charge in [0.05, 0.1) is 19.0 Å². The summed E-state index contributed by atoms with van der Waals surface area (Å²) < 4.78 is 18.3. The Morgan fingerprint density at radius 1 is 1.25 bits per heavy atom. The highest BCUT2D eigenvalue weighted by atomic mass is 35.5. The summed E-state index contributed by atoms with van der Waals surface area (Å²) in [6.07, 6.45) is 0.219. The molecular formula is C24H28ClFN4O2. The third-order valence-corrected chi connectivity index (χ3v) is 6.27. The molecule has 0 bridgehead atoms. The molecule has 6 nitrogen and oxygen atoms in total. The van der Waals surface area contributed by atoms with Crippen LogP contribution in [0.1, 0.15) is 61.6 Å². The number of hydrogen-bond acceptors (Lipinski definition) is 3. The number of halogens is 2. The molecule has 1 aliphatic rings. The monoisotopic (exact) mass is 458 g/mol. The predicted octanol–water partition coefficient (Wildman–Crippen LogP) is 4.56. The number of benzene rings is 2. The van der Waals surface area contributed by atoms with Gasteiger partial charge in [-0.25, -0.2) is 4.39 Å². The molecule has 0 radical (unpaired) electrons. The van der Waals surface area contributed by atoms with Crippen LogP contribution in [0.4, 0.5) is 4.39 Å². The fraction of sp³-hybridized carbons (Fsp3) is 0.375. The molecule has 0 unspecified atom stereocenters. The summed E-state index contributed by atoms with van der Waals surface area (Å²) >= 11 is 5.75. The molecular weight excluding hydrogens is 431 g/mol. The van der Waals surface area contributed by atoms with E-state index >= 15 is 0 Å². The van der Waals surface area contributed by atoms with E-state index in [0.29, 0.717) is 5.56 Å². The quantitative estimate of drug-likeness (QED) is 0.666. The number of nitrogens with zero attached hydrogens (tertiary/aromatic N) is 2. The summed E-state index contributed by atoms with van der Waals surface area (Å²) in [5, 5.41) is 6.12. The van der Waals surface area contributed by atoms with Gasteiger partial charge in [0.25, 0.3) is 5.91 Å². The smallest absolute Gasteiger partial charge is 0.251 e. The van der Waals surface area contributed by atoms with Crippen LogP contribution in [0.25, 0.3) is 0 Å². The molecule has 32 heavy (non-hydrogen) atoms. The molecule has 0 saturated carbocycles. The van der Waals surface area contributed by atoms with Crippen LogP contribution in [-0.2, 0) is 11.3 Å². The van der Waals surface area contributed by atoms with E-state index in [0.717, 1.165) is 5.56 Å². The van der Waals surface area contributed by atoms with Crippen molar-refractivity contribution in [1.29, 1.82) is 0 Å². The first-order chi connectivity index (χ1) is 15.1. The lowest BCUT2D eigenvalue weighted by Crippen LogP contribution is -2.63. The van der Waals surface area contributed by atoms with Crippen LogP contribution in [0.15, 0.2) is 53.0 Å². The second-order valence-corrected chi connectivity index (χ2v) is 8.84. The first kappa shape index (κ1) is 23.7. The SMILES string of the molecule is CC(C)[C@]1(C)CC(=O)N(Cc2cc(C(=O)N[C@@H](C)c3ccccc3)ccc2F)/C(=N\Cl)N1. The Labute approximate surface area is 193 Å². The first-order valence-electron chi connectivity index (χ1n) is 10.6. The van der Waals surface area contributed by atoms with E-state index in [2.05, 4.69) is 15.1 Å². The highest BCUT2D eigenvalue weighted by Gasteiger charge is 2.41. The number of nitrogens with one attached hydrogen (secondary N) is 2.